The van der Waals surface area contributed by atoms with Crippen molar-refractivity contribution in [3.05, 3.63) is 117 Å². The van der Waals surface area contributed by atoms with Gasteiger partial charge in [-0.3, -0.25) is 4.79 Å². The van der Waals surface area contributed by atoms with Crippen LogP contribution in [0.15, 0.2) is 97.1 Å². The van der Waals surface area contributed by atoms with Crippen molar-refractivity contribution in [1.82, 2.24) is 15.3 Å². The van der Waals surface area contributed by atoms with E-state index in [1.807, 2.05) is 75.4 Å². The molecule has 2 fully saturated rings. The van der Waals surface area contributed by atoms with Crippen LogP contribution in [-0.4, -0.2) is 59.0 Å². The Morgan fingerprint density at radius 2 is 1.00 bits per heavy atom. The number of aromatic nitrogens is 2. The second kappa shape index (κ2) is 19.2. The number of halogens is 4. The van der Waals surface area contributed by atoms with Crippen molar-refractivity contribution in [1.29, 1.82) is 0 Å². The Morgan fingerprint density at radius 3 is 1.41 bits per heavy atom. The molecule has 2 aromatic heterocycles. The fourth-order valence-corrected chi connectivity index (χ4v) is 7.91. The van der Waals surface area contributed by atoms with E-state index >= 15 is 0 Å². The van der Waals surface area contributed by atoms with Gasteiger partial charge in [-0.2, -0.15) is 0 Å². The lowest BCUT2D eigenvalue weighted by molar-refractivity contribution is -0.119. The molecule has 0 aliphatic carbocycles. The molecule has 2 aliphatic rings. The lowest BCUT2D eigenvalue weighted by Gasteiger charge is -2.37. The highest BCUT2D eigenvalue weighted by molar-refractivity contribution is 6.42. The van der Waals surface area contributed by atoms with Crippen LogP contribution >= 0.6 is 46.4 Å². The zero-order valence-corrected chi connectivity index (χ0v) is 37.8. The molecule has 11 heteroatoms. The number of carbonyl (C=O) groups is 1. The monoisotopic (exact) mass is 870 g/mol. The van der Waals surface area contributed by atoms with E-state index in [9.17, 15) is 4.79 Å². The number of piperidine rings is 2. The van der Waals surface area contributed by atoms with E-state index in [2.05, 4.69) is 72.3 Å². The molecular formula is C48H54Cl4N6O. The first-order valence-corrected chi connectivity index (χ1v) is 21.7. The molecule has 0 atom stereocenters. The molecule has 6 aromatic rings. The van der Waals surface area contributed by atoms with Crippen LogP contribution in [0.1, 0.15) is 67.2 Å². The van der Waals surface area contributed by atoms with Crippen LogP contribution in [-0.2, 0) is 4.79 Å². The molecule has 0 unspecified atom stereocenters. The van der Waals surface area contributed by atoms with Crippen LogP contribution in [0.25, 0.3) is 44.3 Å². The van der Waals surface area contributed by atoms with Crippen molar-refractivity contribution in [2.45, 2.75) is 84.3 Å². The van der Waals surface area contributed by atoms with Crippen molar-refractivity contribution in [2.24, 2.45) is 5.73 Å². The van der Waals surface area contributed by atoms with Crippen LogP contribution in [0.3, 0.4) is 0 Å². The number of nitrogens with two attached hydrogens (primary N) is 1. The third kappa shape index (κ3) is 12.3. The van der Waals surface area contributed by atoms with Gasteiger partial charge in [0.1, 0.15) is 5.78 Å². The van der Waals surface area contributed by atoms with Crippen molar-refractivity contribution < 1.29 is 4.79 Å². The van der Waals surface area contributed by atoms with Gasteiger partial charge in [-0.15, -0.1) is 0 Å². The molecule has 0 amide bonds. The number of para-hydroxylation sites is 2. The summed E-state index contributed by atoms with van der Waals surface area (Å²) in [6.45, 7) is 16.2. The molecule has 0 spiro atoms. The highest BCUT2D eigenvalue weighted by Gasteiger charge is 2.25. The highest BCUT2D eigenvalue weighted by atomic mass is 35.5. The topological polar surface area (TPSA) is 87.4 Å². The summed E-state index contributed by atoms with van der Waals surface area (Å²) >= 11 is 24.6. The summed E-state index contributed by atoms with van der Waals surface area (Å²) in [7, 11) is 0. The number of fused-ring (bicyclic) bond motifs is 2. The summed E-state index contributed by atoms with van der Waals surface area (Å²) in [5, 5.41) is 8.19. The molecule has 2 saturated heterocycles. The lowest BCUT2D eigenvalue weighted by atomic mass is 9.98. The quantitative estimate of drug-likeness (QED) is 0.178. The fraction of sp³-hybridized carbons (Fsp3) is 0.354. The maximum atomic E-state index is 11.6. The average Bonchev–Trinajstić information content (AvgIpc) is 3.19. The first-order valence-electron chi connectivity index (χ1n) is 20.2. The standard InChI is InChI=1S/C24H27Cl2N3.C20H16Cl2N2O.C4H11N/c1-24(2,3)28-17-10-12-29(13-11-17)23-15-22(16-8-9-19(25)20(26)14-16)27-21-7-5-4-6-18(21)23;21-16-6-5-13(11-17(16)22)19-12-20(24-9-7-14(25)8-10-24)15-3-1-2-4-18(15)23-19;1-4(2,3)5/h4-9,14-15,17,28H,10-13H2,1-3H3;1-6,11-12H,7-10H2;5H2,1-3H3. The number of hydrogen-bond donors (Lipinski definition) is 2. The Morgan fingerprint density at radius 1 is 0.593 bits per heavy atom. The number of nitrogens with zero attached hydrogens (tertiary/aromatic N) is 4. The Hall–Kier alpha value is -3.95. The molecule has 2 aliphatic heterocycles. The van der Waals surface area contributed by atoms with Gasteiger partial charge in [0, 0.05) is 89.4 Å². The zero-order valence-electron chi connectivity index (χ0n) is 34.8. The first-order chi connectivity index (χ1) is 27.9. The number of pyridine rings is 2. The van der Waals surface area contributed by atoms with Gasteiger partial charge in [-0.25, -0.2) is 9.97 Å². The first kappa shape index (κ1) is 44.6. The fourth-order valence-electron chi connectivity index (χ4n) is 7.32. The maximum absolute atomic E-state index is 11.6. The van der Waals surface area contributed by atoms with Gasteiger partial charge in [0.05, 0.1) is 42.5 Å². The van der Waals surface area contributed by atoms with Crippen molar-refractivity contribution >= 4 is 85.4 Å². The van der Waals surface area contributed by atoms with E-state index in [0.717, 1.165) is 83.6 Å². The molecular weight excluding hydrogens is 818 g/mol. The molecule has 59 heavy (non-hydrogen) atoms. The zero-order chi connectivity index (χ0) is 42.5. The Kier molecular flexibility index (Phi) is 14.5. The van der Waals surface area contributed by atoms with Gasteiger partial charge in [0.15, 0.2) is 0 Å². The average molecular weight is 873 g/mol. The number of anilines is 2. The van der Waals surface area contributed by atoms with E-state index in [4.69, 9.17) is 62.1 Å². The number of benzene rings is 4. The van der Waals surface area contributed by atoms with Crippen molar-refractivity contribution in [3.8, 4) is 22.5 Å². The summed E-state index contributed by atoms with van der Waals surface area (Å²) in [4.78, 5) is 26.0. The van der Waals surface area contributed by atoms with Gasteiger partial charge in [0.2, 0.25) is 0 Å². The third-order valence-electron chi connectivity index (χ3n) is 9.95. The smallest absolute Gasteiger partial charge is 0.136 e. The van der Waals surface area contributed by atoms with E-state index in [-0.39, 0.29) is 11.1 Å². The third-order valence-corrected chi connectivity index (χ3v) is 11.4. The molecule has 4 aromatic carbocycles. The Labute approximate surface area is 369 Å². The molecule has 7 nitrogen and oxygen atoms in total. The van der Waals surface area contributed by atoms with E-state index in [1.165, 1.54) is 11.1 Å². The predicted octanol–water partition coefficient (Wildman–Crippen LogP) is 12.7. The number of rotatable bonds is 5. The number of carbonyl (C=O) groups excluding carboxylic acids is 1. The van der Waals surface area contributed by atoms with E-state index in [1.54, 1.807) is 6.07 Å². The molecule has 3 N–H and O–H groups in total. The van der Waals surface area contributed by atoms with Crippen LogP contribution < -0.4 is 20.9 Å². The van der Waals surface area contributed by atoms with Gasteiger partial charge in [0.25, 0.3) is 0 Å². The van der Waals surface area contributed by atoms with Crippen molar-refractivity contribution in [3.63, 3.8) is 0 Å². The molecule has 0 bridgehead atoms. The molecule has 8 rings (SSSR count). The van der Waals surface area contributed by atoms with Crippen LogP contribution in [0.2, 0.25) is 20.1 Å². The van der Waals surface area contributed by atoms with Crippen molar-refractivity contribution in [2.75, 3.05) is 36.0 Å². The summed E-state index contributed by atoms with van der Waals surface area (Å²) < 4.78 is 0. The Balaban J connectivity index is 0.000000180. The summed E-state index contributed by atoms with van der Waals surface area (Å²) in [5.74, 6) is 0.333. The van der Waals surface area contributed by atoms with Gasteiger partial charge in [-0.1, -0.05) is 94.9 Å². The second-order valence-electron chi connectivity index (χ2n) is 17.4. The number of Topliss-reactive ketones (excluding diaryl/α,β-unsaturated/α-hetero) is 1. The Bertz CT molecular complexity index is 2400. The molecule has 4 heterocycles. The van der Waals surface area contributed by atoms with Crippen LogP contribution in [0.5, 0.6) is 0 Å². The number of ketones is 1. The molecule has 0 radical (unpaired) electrons. The second-order valence-corrected chi connectivity index (χ2v) is 19.0. The number of nitrogens with one attached hydrogen (secondary N) is 1. The largest absolute Gasteiger partial charge is 0.371 e. The summed E-state index contributed by atoms with van der Waals surface area (Å²) in [5.41, 5.74) is 13.5. The van der Waals surface area contributed by atoms with E-state index < -0.39 is 0 Å². The minimum Gasteiger partial charge on any atom is -0.371 e. The minimum absolute atomic E-state index is 0. The molecule has 310 valence electrons. The van der Waals surface area contributed by atoms with Crippen LogP contribution in [0.4, 0.5) is 11.4 Å². The molecule has 0 saturated carbocycles. The maximum Gasteiger partial charge on any atom is 0.136 e. The van der Waals surface area contributed by atoms with Gasteiger partial charge < -0.3 is 20.9 Å². The normalized spacial score (nSPS) is 15.1. The minimum atomic E-state index is 0. The SMILES string of the molecule is CC(C)(C)N.CC(C)(C)NC1CCN(c2cc(-c3ccc(Cl)c(Cl)c3)nc3ccccc23)CC1.O=C1CCN(c2cc(-c3ccc(Cl)c(Cl)c3)nc3ccccc23)CC1. The van der Waals surface area contributed by atoms with Crippen LogP contribution in [0, 0.1) is 0 Å². The highest BCUT2D eigenvalue weighted by Crippen LogP contribution is 2.36. The van der Waals surface area contributed by atoms with Gasteiger partial charge >= 0.3 is 0 Å². The van der Waals surface area contributed by atoms with E-state index in [0.29, 0.717) is 44.8 Å². The lowest BCUT2D eigenvalue weighted by Crippen LogP contribution is -2.49. The summed E-state index contributed by atoms with van der Waals surface area (Å²) in [6, 6.07) is 32.5. The summed E-state index contributed by atoms with van der Waals surface area (Å²) in [6.07, 6.45) is 3.46. The predicted molar refractivity (Wildman–Crippen MR) is 253 cm³/mol. The van der Waals surface area contributed by atoms with Gasteiger partial charge in [-0.05, 0) is 103 Å². The number of hydrogen-bond acceptors (Lipinski definition) is 7.